The topological polar surface area (TPSA) is 20.3 Å². The van der Waals surface area contributed by atoms with Crippen molar-refractivity contribution in [1.82, 2.24) is 4.90 Å². The highest BCUT2D eigenvalue weighted by molar-refractivity contribution is 5.87. The molecule has 0 radical (unpaired) electrons. The molecule has 126 valence electrons. The first-order valence-electron chi connectivity index (χ1n) is 9.21. The molecule has 1 amide bonds. The molecule has 2 aromatic rings. The normalized spacial score (nSPS) is 15.4. The lowest BCUT2D eigenvalue weighted by Gasteiger charge is -2.36. The monoisotopic (exact) mass is 321 g/mol. The van der Waals surface area contributed by atoms with Gasteiger partial charge in [0.2, 0.25) is 5.91 Å². The van der Waals surface area contributed by atoms with Gasteiger partial charge in [-0.2, -0.15) is 0 Å². The van der Waals surface area contributed by atoms with E-state index in [1.54, 1.807) is 0 Å². The van der Waals surface area contributed by atoms with Gasteiger partial charge in [-0.05, 0) is 30.9 Å². The number of carbonyl (C=O) groups excluding carboxylic acids is 1. The number of amides is 1. The van der Waals surface area contributed by atoms with Crippen molar-refractivity contribution in [2.24, 2.45) is 0 Å². The van der Waals surface area contributed by atoms with Crippen LogP contribution < -0.4 is 0 Å². The quantitative estimate of drug-likeness (QED) is 0.759. The number of likely N-dealkylation sites (N-methyl/N-ethyl adjacent to an activating group) is 1. The van der Waals surface area contributed by atoms with Crippen LogP contribution in [0.3, 0.4) is 0 Å². The Bertz CT molecular complexity index is 592. The van der Waals surface area contributed by atoms with E-state index < -0.39 is 0 Å². The molecule has 2 nitrogen and oxygen atoms in total. The Morgan fingerprint density at radius 3 is 1.88 bits per heavy atom. The van der Waals surface area contributed by atoms with Gasteiger partial charge in [0, 0.05) is 12.6 Å². The molecule has 0 spiro atoms. The van der Waals surface area contributed by atoms with Crippen LogP contribution in [0.25, 0.3) is 0 Å². The highest BCUT2D eigenvalue weighted by Crippen LogP contribution is 2.30. The Hall–Kier alpha value is -2.09. The lowest BCUT2D eigenvalue weighted by molar-refractivity contribution is -0.134. The van der Waals surface area contributed by atoms with Crippen molar-refractivity contribution in [2.75, 3.05) is 6.54 Å². The predicted molar refractivity (Wildman–Crippen MR) is 99.0 cm³/mol. The lowest BCUT2D eigenvalue weighted by atomic mass is 9.88. The predicted octanol–water partition coefficient (Wildman–Crippen LogP) is 5.00. The lowest BCUT2D eigenvalue weighted by Crippen LogP contribution is -2.44. The summed E-state index contributed by atoms with van der Waals surface area (Å²) in [7, 11) is 0. The van der Waals surface area contributed by atoms with Gasteiger partial charge in [0.25, 0.3) is 0 Å². The molecular formula is C22H27NO. The minimum Gasteiger partial charge on any atom is -0.339 e. The van der Waals surface area contributed by atoms with E-state index in [-0.39, 0.29) is 11.8 Å². The Morgan fingerprint density at radius 2 is 1.42 bits per heavy atom. The van der Waals surface area contributed by atoms with Crippen LogP contribution in [0.1, 0.15) is 56.1 Å². The van der Waals surface area contributed by atoms with Gasteiger partial charge in [0.1, 0.15) is 0 Å². The maximum Gasteiger partial charge on any atom is 0.234 e. The largest absolute Gasteiger partial charge is 0.339 e. The third-order valence-corrected chi connectivity index (χ3v) is 5.15. The average Bonchev–Trinajstić information content (AvgIpc) is 2.65. The van der Waals surface area contributed by atoms with Crippen LogP contribution in [0.4, 0.5) is 0 Å². The molecule has 0 N–H and O–H groups in total. The molecule has 0 heterocycles. The number of rotatable bonds is 5. The van der Waals surface area contributed by atoms with Crippen molar-refractivity contribution in [3.63, 3.8) is 0 Å². The second-order valence-corrected chi connectivity index (χ2v) is 6.67. The smallest absolute Gasteiger partial charge is 0.234 e. The van der Waals surface area contributed by atoms with Crippen LogP contribution in [0.2, 0.25) is 0 Å². The van der Waals surface area contributed by atoms with Crippen molar-refractivity contribution < 1.29 is 4.79 Å². The third kappa shape index (κ3) is 3.69. The SMILES string of the molecule is CCN(C(=O)C(c1ccccc1)c1ccccc1)C1CCCCC1. The molecule has 24 heavy (non-hydrogen) atoms. The van der Waals surface area contributed by atoms with Gasteiger partial charge in [0.15, 0.2) is 0 Å². The van der Waals surface area contributed by atoms with E-state index in [9.17, 15) is 4.79 Å². The van der Waals surface area contributed by atoms with Gasteiger partial charge in [-0.25, -0.2) is 0 Å². The van der Waals surface area contributed by atoms with Crippen LogP contribution >= 0.6 is 0 Å². The summed E-state index contributed by atoms with van der Waals surface area (Å²) >= 11 is 0. The van der Waals surface area contributed by atoms with Gasteiger partial charge < -0.3 is 4.90 Å². The van der Waals surface area contributed by atoms with Gasteiger partial charge in [-0.1, -0.05) is 79.9 Å². The highest BCUT2D eigenvalue weighted by Gasteiger charge is 2.31. The summed E-state index contributed by atoms with van der Waals surface area (Å²) < 4.78 is 0. The molecule has 0 atom stereocenters. The van der Waals surface area contributed by atoms with Crippen molar-refractivity contribution in [3.05, 3.63) is 71.8 Å². The van der Waals surface area contributed by atoms with Crippen LogP contribution in [0.5, 0.6) is 0 Å². The Morgan fingerprint density at radius 1 is 0.917 bits per heavy atom. The van der Waals surface area contributed by atoms with Gasteiger partial charge in [0.05, 0.1) is 5.92 Å². The summed E-state index contributed by atoms with van der Waals surface area (Å²) in [5.41, 5.74) is 2.17. The zero-order chi connectivity index (χ0) is 16.8. The van der Waals surface area contributed by atoms with Crippen molar-refractivity contribution in [1.29, 1.82) is 0 Å². The highest BCUT2D eigenvalue weighted by atomic mass is 16.2. The number of carbonyl (C=O) groups is 1. The Kier molecular flexibility index (Phi) is 5.68. The van der Waals surface area contributed by atoms with E-state index in [4.69, 9.17) is 0 Å². The first kappa shape index (κ1) is 16.8. The summed E-state index contributed by atoms with van der Waals surface area (Å²) in [5.74, 6) is 0.0519. The van der Waals surface area contributed by atoms with Crippen LogP contribution in [0.15, 0.2) is 60.7 Å². The molecular weight excluding hydrogens is 294 g/mol. The second kappa shape index (κ2) is 8.14. The standard InChI is InChI=1S/C22H27NO/c1-2-23(20-16-10-5-11-17-20)22(24)21(18-12-6-3-7-13-18)19-14-8-4-9-15-19/h3-4,6-9,12-15,20-21H,2,5,10-11,16-17H2,1H3. The molecule has 0 saturated heterocycles. The fraction of sp³-hybridized carbons (Fsp3) is 0.409. The van der Waals surface area contributed by atoms with Crippen LogP contribution in [0, 0.1) is 0 Å². The van der Waals surface area contributed by atoms with Crippen LogP contribution in [-0.4, -0.2) is 23.4 Å². The summed E-state index contributed by atoms with van der Waals surface area (Å²) in [6.45, 7) is 2.90. The number of benzene rings is 2. The van der Waals surface area contributed by atoms with Gasteiger partial charge >= 0.3 is 0 Å². The Labute approximate surface area is 145 Å². The molecule has 1 aliphatic carbocycles. The fourth-order valence-corrected chi connectivity index (χ4v) is 3.92. The molecule has 2 heteroatoms. The maximum atomic E-state index is 13.5. The zero-order valence-corrected chi connectivity index (χ0v) is 14.5. The van der Waals surface area contributed by atoms with Gasteiger partial charge in [-0.3, -0.25) is 4.79 Å². The fourth-order valence-electron chi connectivity index (χ4n) is 3.92. The zero-order valence-electron chi connectivity index (χ0n) is 14.5. The van der Waals surface area contributed by atoms with E-state index in [0.717, 1.165) is 30.5 Å². The summed E-state index contributed by atoms with van der Waals surface area (Å²) in [5, 5.41) is 0. The Balaban J connectivity index is 1.93. The van der Waals surface area contributed by atoms with E-state index in [1.165, 1.54) is 19.3 Å². The first-order chi connectivity index (χ1) is 11.8. The van der Waals surface area contributed by atoms with Gasteiger partial charge in [-0.15, -0.1) is 0 Å². The van der Waals surface area contributed by atoms with Crippen molar-refractivity contribution >= 4 is 5.91 Å². The molecule has 0 unspecified atom stereocenters. The maximum absolute atomic E-state index is 13.5. The number of hydrogen-bond donors (Lipinski definition) is 0. The molecule has 0 aromatic heterocycles. The number of nitrogens with zero attached hydrogens (tertiary/aromatic N) is 1. The molecule has 3 rings (SSSR count). The van der Waals surface area contributed by atoms with E-state index >= 15 is 0 Å². The first-order valence-corrected chi connectivity index (χ1v) is 9.21. The molecule has 1 aliphatic rings. The van der Waals surface area contributed by atoms with E-state index in [2.05, 4.69) is 36.1 Å². The summed E-state index contributed by atoms with van der Waals surface area (Å²) in [6, 6.07) is 20.8. The van der Waals surface area contributed by atoms with E-state index in [1.807, 2.05) is 36.4 Å². The minimum atomic E-state index is -0.200. The summed E-state index contributed by atoms with van der Waals surface area (Å²) in [6.07, 6.45) is 6.10. The molecule has 2 aromatic carbocycles. The molecule has 1 fully saturated rings. The average molecular weight is 321 g/mol. The summed E-state index contributed by atoms with van der Waals surface area (Å²) in [4.78, 5) is 15.6. The minimum absolute atomic E-state index is 0.200. The van der Waals surface area contributed by atoms with Crippen molar-refractivity contribution in [2.45, 2.75) is 51.0 Å². The molecule has 1 saturated carbocycles. The molecule has 0 aliphatic heterocycles. The molecule has 0 bridgehead atoms. The van der Waals surface area contributed by atoms with Crippen LogP contribution in [-0.2, 0) is 4.79 Å². The van der Waals surface area contributed by atoms with E-state index in [0.29, 0.717) is 6.04 Å². The third-order valence-electron chi connectivity index (χ3n) is 5.15. The van der Waals surface area contributed by atoms with Crippen molar-refractivity contribution in [3.8, 4) is 0 Å². The second-order valence-electron chi connectivity index (χ2n) is 6.67. The number of hydrogen-bond acceptors (Lipinski definition) is 1.